The maximum atomic E-state index is 6.30. The molecular formula is C21H24O3. The molecular weight excluding hydrogens is 300 g/mol. The van der Waals surface area contributed by atoms with Gasteiger partial charge in [0.2, 0.25) is 0 Å². The van der Waals surface area contributed by atoms with Crippen LogP contribution in [0.2, 0.25) is 0 Å². The largest absolute Gasteiger partial charge is 0.482 e. The molecule has 0 aliphatic carbocycles. The molecule has 3 heterocycles. The highest BCUT2D eigenvalue weighted by Gasteiger charge is 2.37. The number of benzene rings is 1. The molecule has 1 aromatic carbocycles. The Labute approximate surface area is 143 Å². The molecule has 0 saturated heterocycles. The van der Waals surface area contributed by atoms with Crippen molar-refractivity contribution in [3.8, 4) is 17.2 Å². The molecule has 0 saturated carbocycles. The molecule has 0 unspecified atom stereocenters. The fourth-order valence-electron chi connectivity index (χ4n) is 3.27. The normalized spacial score (nSPS) is 23.2. The first-order valence-corrected chi connectivity index (χ1v) is 8.46. The van der Waals surface area contributed by atoms with Crippen LogP contribution in [0.25, 0.3) is 18.2 Å². The zero-order valence-electron chi connectivity index (χ0n) is 15.2. The summed E-state index contributed by atoms with van der Waals surface area (Å²) in [5, 5.41) is 0. The second-order valence-electron chi connectivity index (χ2n) is 8.34. The highest BCUT2D eigenvalue weighted by atomic mass is 16.5. The van der Waals surface area contributed by atoms with Crippen molar-refractivity contribution >= 4 is 18.2 Å². The minimum atomic E-state index is -0.351. The predicted octanol–water partition coefficient (Wildman–Crippen LogP) is 5.24. The Morgan fingerprint density at radius 2 is 0.750 bits per heavy atom. The smallest absolute Gasteiger partial charge is 0.142 e. The van der Waals surface area contributed by atoms with Crippen LogP contribution in [0.4, 0.5) is 0 Å². The van der Waals surface area contributed by atoms with E-state index >= 15 is 0 Å². The Balaban J connectivity index is 2.03. The van der Waals surface area contributed by atoms with Crippen molar-refractivity contribution in [2.45, 2.75) is 58.3 Å². The lowest BCUT2D eigenvalue weighted by molar-refractivity contribution is 0.133. The quantitative estimate of drug-likeness (QED) is 0.653. The van der Waals surface area contributed by atoms with Crippen LogP contribution in [0.5, 0.6) is 17.2 Å². The van der Waals surface area contributed by atoms with Gasteiger partial charge in [-0.3, -0.25) is 0 Å². The average molecular weight is 324 g/mol. The van der Waals surface area contributed by atoms with Crippen LogP contribution in [0.3, 0.4) is 0 Å². The molecule has 0 radical (unpaired) electrons. The predicted molar refractivity (Wildman–Crippen MR) is 97.7 cm³/mol. The Morgan fingerprint density at radius 1 is 0.500 bits per heavy atom. The van der Waals surface area contributed by atoms with Crippen molar-refractivity contribution in [3.63, 3.8) is 0 Å². The van der Waals surface area contributed by atoms with Gasteiger partial charge in [0.25, 0.3) is 0 Å². The van der Waals surface area contributed by atoms with Crippen molar-refractivity contribution in [1.29, 1.82) is 0 Å². The highest BCUT2D eigenvalue weighted by Crippen LogP contribution is 2.53. The van der Waals surface area contributed by atoms with E-state index in [4.69, 9.17) is 14.2 Å². The van der Waals surface area contributed by atoms with Gasteiger partial charge in [-0.05, 0) is 78.0 Å². The van der Waals surface area contributed by atoms with Gasteiger partial charge >= 0.3 is 0 Å². The van der Waals surface area contributed by atoms with E-state index in [1.54, 1.807) is 0 Å². The van der Waals surface area contributed by atoms with Crippen LogP contribution in [0.1, 0.15) is 58.2 Å². The first-order chi connectivity index (χ1) is 11.1. The molecule has 0 bridgehead atoms. The van der Waals surface area contributed by atoms with Crippen molar-refractivity contribution in [2.24, 2.45) is 0 Å². The number of rotatable bonds is 0. The van der Waals surface area contributed by atoms with E-state index in [2.05, 4.69) is 78.0 Å². The van der Waals surface area contributed by atoms with E-state index in [9.17, 15) is 0 Å². The molecule has 3 heteroatoms. The summed E-state index contributed by atoms with van der Waals surface area (Å²) in [7, 11) is 0. The van der Waals surface area contributed by atoms with Crippen LogP contribution in [0, 0.1) is 0 Å². The molecule has 4 rings (SSSR count). The second kappa shape index (κ2) is 4.47. The number of hydrogen-bond donors (Lipinski definition) is 0. The molecule has 3 aliphatic rings. The minimum absolute atomic E-state index is 0.351. The Kier molecular flexibility index (Phi) is 2.86. The number of ether oxygens (including phenoxy) is 3. The van der Waals surface area contributed by atoms with Gasteiger partial charge in [0.15, 0.2) is 0 Å². The van der Waals surface area contributed by atoms with E-state index in [1.807, 2.05) is 0 Å². The molecule has 0 spiro atoms. The lowest BCUT2D eigenvalue weighted by atomic mass is 9.90. The van der Waals surface area contributed by atoms with Gasteiger partial charge in [0.05, 0.1) is 16.7 Å². The van der Waals surface area contributed by atoms with Gasteiger partial charge in [-0.2, -0.15) is 0 Å². The fraction of sp³-hybridized carbons (Fsp3) is 0.429. The summed E-state index contributed by atoms with van der Waals surface area (Å²) in [6.45, 7) is 12.3. The van der Waals surface area contributed by atoms with Crippen molar-refractivity contribution in [2.75, 3.05) is 0 Å². The van der Waals surface area contributed by atoms with Crippen molar-refractivity contribution in [1.82, 2.24) is 0 Å². The van der Waals surface area contributed by atoms with E-state index < -0.39 is 0 Å². The third-order valence-corrected chi connectivity index (χ3v) is 4.52. The van der Waals surface area contributed by atoms with Crippen LogP contribution in [-0.2, 0) is 0 Å². The molecule has 126 valence electrons. The summed E-state index contributed by atoms with van der Waals surface area (Å²) in [4.78, 5) is 0. The molecule has 0 N–H and O–H groups in total. The fourth-order valence-corrected chi connectivity index (χ4v) is 3.27. The summed E-state index contributed by atoms with van der Waals surface area (Å²) >= 11 is 0. The van der Waals surface area contributed by atoms with Gasteiger partial charge in [-0.25, -0.2) is 0 Å². The average Bonchev–Trinajstić information content (AvgIpc) is 2.44. The van der Waals surface area contributed by atoms with Crippen LogP contribution in [-0.4, -0.2) is 16.8 Å². The first-order valence-electron chi connectivity index (χ1n) is 8.46. The lowest BCUT2D eigenvalue weighted by Crippen LogP contribution is -2.33. The SMILES string of the molecule is CC1(C)C=Cc2c(c3c(c4c2OC(C)(C)C=C4)OC(C)(C)C=C3)O1. The Bertz CT molecular complexity index is 689. The molecule has 0 fully saturated rings. The van der Waals surface area contributed by atoms with Gasteiger partial charge in [0.1, 0.15) is 34.1 Å². The molecule has 24 heavy (non-hydrogen) atoms. The van der Waals surface area contributed by atoms with E-state index in [-0.39, 0.29) is 16.8 Å². The zero-order valence-corrected chi connectivity index (χ0v) is 15.2. The summed E-state index contributed by atoms with van der Waals surface area (Å²) < 4.78 is 18.9. The lowest BCUT2D eigenvalue weighted by Gasteiger charge is -2.38. The van der Waals surface area contributed by atoms with Gasteiger partial charge in [-0.1, -0.05) is 0 Å². The van der Waals surface area contributed by atoms with Gasteiger partial charge in [-0.15, -0.1) is 0 Å². The molecule has 0 amide bonds. The maximum Gasteiger partial charge on any atom is 0.142 e. The molecule has 3 nitrogen and oxygen atoms in total. The zero-order chi connectivity index (χ0) is 17.3. The highest BCUT2D eigenvalue weighted by molar-refractivity contribution is 5.86. The third-order valence-electron chi connectivity index (χ3n) is 4.52. The molecule has 3 aliphatic heterocycles. The second-order valence-corrected chi connectivity index (χ2v) is 8.34. The van der Waals surface area contributed by atoms with Crippen LogP contribution in [0.15, 0.2) is 18.2 Å². The summed E-state index contributed by atoms with van der Waals surface area (Å²) in [6.07, 6.45) is 12.6. The summed E-state index contributed by atoms with van der Waals surface area (Å²) in [5.74, 6) is 2.53. The third kappa shape index (κ3) is 2.34. The van der Waals surface area contributed by atoms with Crippen molar-refractivity contribution < 1.29 is 14.2 Å². The van der Waals surface area contributed by atoms with Crippen molar-refractivity contribution in [3.05, 3.63) is 34.9 Å². The standard InChI is InChI=1S/C21H24O3/c1-19(2)10-7-13-16(22-19)14-8-11-20(3,4)24-18(14)15-9-12-21(5,6)23-17(13)15/h7-12H,1-6H3. The van der Waals surface area contributed by atoms with Gasteiger partial charge in [0, 0.05) is 0 Å². The minimum Gasteiger partial charge on any atom is -0.482 e. The number of hydrogen-bond acceptors (Lipinski definition) is 3. The molecule has 0 aromatic heterocycles. The first kappa shape index (κ1) is 15.4. The monoisotopic (exact) mass is 324 g/mol. The summed E-state index contributed by atoms with van der Waals surface area (Å²) in [5.41, 5.74) is 1.93. The maximum absolute atomic E-state index is 6.30. The Hall–Kier alpha value is -2.16. The van der Waals surface area contributed by atoms with Gasteiger partial charge < -0.3 is 14.2 Å². The van der Waals surface area contributed by atoms with Crippen LogP contribution >= 0.6 is 0 Å². The Morgan fingerprint density at radius 3 is 1.00 bits per heavy atom. The molecule has 1 aromatic rings. The summed E-state index contributed by atoms with van der Waals surface area (Å²) in [6, 6.07) is 0. The number of fused-ring (bicyclic) bond motifs is 6. The van der Waals surface area contributed by atoms with Crippen LogP contribution < -0.4 is 14.2 Å². The molecule has 0 atom stereocenters. The van der Waals surface area contributed by atoms with E-state index in [1.165, 1.54) is 0 Å². The topological polar surface area (TPSA) is 27.7 Å². The van der Waals surface area contributed by atoms with E-state index in [0.717, 1.165) is 33.9 Å². The van der Waals surface area contributed by atoms with E-state index in [0.29, 0.717) is 0 Å².